The van der Waals surface area contributed by atoms with Gasteiger partial charge in [0, 0.05) is 0 Å². The van der Waals surface area contributed by atoms with Gasteiger partial charge >= 0.3 is 0 Å². The smallest absolute Gasteiger partial charge is 0.280 e. The molecule has 134 valence electrons. The first-order chi connectivity index (χ1) is 12.5. The highest BCUT2D eigenvalue weighted by atomic mass is 16.5. The van der Waals surface area contributed by atoms with E-state index in [1.165, 1.54) is 4.68 Å². The largest absolute Gasteiger partial charge is 0.492 e. The average molecular weight is 351 g/mol. The minimum absolute atomic E-state index is 0.0652. The number of aromatic nitrogens is 3. The molecule has 3 N–H and O–H groups in total. The number of anilines is 2. The maximum Gasteiger partial charge on any atom is 0.280 e. The molecule has 3 rings (SSSR count). The van der Waals surface area contributed by atoms with E-state index >= 15 is 0 Å². The third-order valence-corrected chi connectivity index (χ3v) is 3.81. The van der Waals surface area contributed by atoms with Gasteiger partial charge in [-0.2, -0.15) is 4.68 Å². The maximum absolute atomic E-state index is 12.6. The van der Waals surface area contributed by atoms with Gasteiger partial charge in [-0.25, -0.2) is 0 Å². The normalized spacial score (nSPS) is 10.6. The number of nitrogens with zero attached hydrogens (tertiary/aromatic N) is 3. The van der Waals surface area contributed by atoms with Crippen LogP contribution in [0, 0.1) is 13.8 Å². The molecule has 0 unspecified atom stereocenters. The average Bonchev–Trinajstić information content (AvgIpc) is 2.97. The second-order valence-electron chi connectivity index (χ2n) is 5.96. The molecule has 0 saturated heterocycles. The van der Waals surface area contributed by atoms with E-state index in [1.54, 1.807) is 12.1 Å². The minimum Gasteiger partial charge on any atom is -0.492 e. The van der Waals surface area contributed by atoms with Gasteiger partial charge in [0.1, 0.15) is 5.75 Å². The van der Waals surface area contributed by atoms with Gasteiger partial charge in [0.15, 0.2) is 11.5 Å². The van der Waals surface area contributed by atoms with Crippen molar-refractivity contribution in [2.24, 2.45) is 0 Å². The number of amides is 1. The van der Waals surface area contributed by atoms with Crippen LogP contribution in [0.2, 0.25) is 0 Å². The molecule has 26 heavy (non-hydrogen) atoms. The number of hydrogen-bond donors (Lipinski definition) is 2. The number of carbonyl (C=O) groups excluding carboxylic acids is 1. The van der Waals surface area contributed by atoms with Crippen LogP contribution in [-0.2, 0) is 0 Å². The highest BCUT2D eigenvalue weighted by Crippen LogP contribution is 2.25. The number of nitrogens with one attached hydrogen (secondary N) is 1. The van der Waals surface area contributed by atoms with Gasteiger partial charge in [-0.05, 0) is 56.2 Å². The standard InChI is InChI=1S/C19H21N5O2/c1-4-26-16-8-6-5-7-15(16)21-19(25)17-18(20)24(23-22-17)14-10-12(2)9-13(3)11-14/h5-11H,4,20H2,1-3H3,(H,21,25). The van der Waals surface area contributed by atoms with Gasteiger partial charge in [0.2, 0.25) is 0 Å². The number of ether oxygens (including phenoxy) is 1. The lowest BCUT2D eigenvalue weighted by Gasteiger charge is -2.10. The lowest BCUT2D eigenvalue weighted by molar-refractivity contribution is 0.102. The molecule has 0 spiro atoms. The van der Waals surface area contributed by atoms with Crippen molar-refractivity contribution in [1.82, 2.24) is 15.0 Å². The second kappa shape index (κ2) is 7.26. The topological polar surface area (TPSA) is 95.1 Å². The Kier molecular flexibility index (Phi) is 4.88. The Hall–Kier alpha value is -3.35. The number of hydrogen-bond acceptors (Lipinski definition) is 5. The van der Waals surface area contributed by atoms with Crippen LogP contribution in [0.25, 0.3) is 5.69 Å². The first-order valence-electron chi connectivity index (χ1n) is 8.32. The van der Waals surface area contributed by atoms with Gasteiger partial charge in [-0.15, -0.1) is 5.10 Å². The monoisotopic (exact) mass is 351 g/mol. The number of nitrogen functional groups attached to an aromatic ring is 1. The second-order valence-corrected chi connectivity index (χ2v) is 5.96. The zero-order valence-corrected chi connectivity index (χ0v) is 15.0. The molecule has 0 bridgehead atoms. The Morgan fingerprint density at radius 1 is 1.19 bits per heavy atom. The summed E-state index contributed by atoms with van der Waals surface area (Å²) in [5.74, 6) is 0.329. The number of nitrogens with two attached hydrogens (primary N) is 1. The fraction of sp³-hybridized carbons (Fsp3) is 0.211. The van der Waals surface area contributed by atoms with E-state index in [0.29, 0.717) is 18.0 Å². The third-order valence-electron chi connectivity index (χ3n) is 3.81. The molecule has 2 aromatic carbocycles. The summed E-state index contributed by atoms with van der Waals surface area (Å²) in [5, 5.41) is 10.8. The van der Waals surface area contributed by atoms with E-state index in [1.807, 2.05) is 45.0 Å². The minimum atomic E-state index is -0.440. The molecule has 0 atom stereocenters. The Morgan fingerprint density at radius 2 is 1.88 bits per heavy atom. The van der Waals surface area contributed by atoms with Crippen molar-refractivity contribution in [1.29, 1.82) is 0 Å². The van der Waals surface area contributed by atoms with Crippen molar-refractivity contribution in [3.63, 3.8) is 0 Å². The van der Waals surface area contributed by atoms with Crippen molar-refractivity contribution < 1.29 is 9.53 Å². The molecule has 7 nitrogen and oxygen atoms in total. The van der Waals surface area contributed by atoms with Gasteiger partial charge in [0.25, 0.3) is 5.91 Å². The molecule has 0 aliphatic carbocycles. The molecular weight excluding hydrogens is 330 g/mol. The Bertz CT molecular complexity index is 929. The summed E-state index contributed by atoms with van der Waals surface area (Å²) in [6.07, 6.45) is 0. The zero-order chi connectivity index (χ0) is 18.7. The van der Waals surface area contributed by atoms with Gasteiger partial charge in [0.05, 0.1) is 18.0 Å². The molecule has 0 radical (unpaired) electrons. The Labute approximate surface area is 151 Å². The Balaban J connectivity index is 1.89. The van der Waals surface area contributed by atoms with E-state index in [2.05, 4.69) is 21.7 Å². The fourth-order valence-electron chi connectivity index (χ4n) is 2.75. The molecule has 1 amide bonds. The molecule has 0 aliphatic rings. The predicted octanol–water partition coefficient (Wildman–Crippen LogP) is 3.12. The predicted molar refractivity (Wildman–Crippen MR) is 101 cm³/mol. The van der Waals surface area contributed by atoms with Crippen LogP contribution in [0.4, 0.5) is 11.5 Å². The fourth-order valence-corrected chi connectivity index (χ4v) is 2.75. The summed E-state index contributed by atoms with van der Waals surface area (Å²) in [5.41, 5.74) is 9.67. The summed E-state index contributed by atoms with van der Waals surface area (Å²) in [6.45, 7) is 6.35. The molecule has 0 saturated carbocycles. The molecule has 1 heterocycles. The number of aryl methyl sites for hydroxylation is 2. The van der Waals surface area contributed by atoms with Gasteiger partial charge in [-0.3, -0.25) is 4.79 Å². The van der Waals surface area contributed by atoms with Crippen LogP contribution in [-0.4, -0.2) is 27.5 Å². The Morgan fingerprint density at radius 3 is 2.58 bits per heavy atom. The van der Waals surface area contributed by atoms with Crippen LogP contribution in [0.1, 0.15) is 28.5 Å². The van der Waals surface area contributed by atoms with Crippen LogP contribution in [0.3, 0.4) is 0 Å². The number of rotatable bonds is 5. The summed E-state index contributed by atoms with van der Waals surface area (Å²) in [6, 6.07) is 13.1. The zero-order valence-electron chi connectivity index (χ0n) is 15.0. The van der Waals surface area contributed by atoms with Crippen LogP contribution in [0.15, 0.2) is 42.5 Å². The SMILES string of the molecule is CCOc1ccccc1NC(=O)c1nnn(-c2cc(C)cc(C)c2)c1N. The molecular formula is C19H21N5O2. The first kappa shape index (κ1) is 17.5. The summed E-state index contributed by atoms with van der Waals surface area (Å²) >= 11 is 0. The van der Waals surface area contributed by atoms with E-state index in [-0.39, 0.29) is 11.5 Å². The summed E-state index contributed by atoms with van der Waals surface area (Å²) in [4.78, 5) is 12.6. The summed E-state index contributed by atoms with van der Waals surface area (Å²) < 4.78 is 6.98. The number of benzene rings is 2. The van der Waals surface area contributed by atoms with Crippen molar-refractivity contribution in [2.45, 2.75) is 20.8 Å². The lowest BCUT2D eigenvalue weighted by atomic mass is 10.1. The van der Waals surface area contributed by atoms with Crippen LogP contribution in [0.5, 0.6) is 5.75 Å². The maximum atomic E-state index is 12.6. The quantitative estimate of drug-likeness (QED) is 0.736. The van der Waals surface area contributed by atoms with Crippen molar-refractivity contribution in [2.75, 3.05) is 17.7 Å². The first-order valence-corrected chi connectivity index (χ1v) is 8.32. The van der Waals surface area contributed by atoms with Crippen molar-refractivity contribution >= 4 is 17.4 Å². The van der Waals surface area contributed by atoms with Crippen LogP contribution < -0.4 is 15.8 Å². The van der Waals surface area contributed by atoms with Crippen molar-refractivity contribution in [3.05, 3.63) is 59.3 Å². The molecule has 1 aromatic heterocycles. The molecule has 0 aliphatic heterocycles. The van der Waals surface area contributed by atoms with E-state index in [9.17, 15) is 4.79 Å². The van der Waals surface area contributed by atoms with E-state index < -0.39 is 5.91 Å². The lowest BCUT2D eigenvalue weighted by Crippen LogP contribution is -2.15. The van der Waals surface area contributed by atoms with Gasteiger partial charge < -0.3 is 15.8 Å². The molecule has 3 aromatic rings. The number of para-hydroxylation sites is 2. The highest BCUT2D eigenvalue weighted by molar-refractivity contribution is 6.06. The third kappa shape index (κ3) is 3.51. The van der Waals surface area contributed by atoms with Crippen LogP contribution >= 0.6 is 0 Å². The highest BCUT2D eigenvalue weighted by Gasteiger charge is 2.20. The van der Waals surface area contributed by atoms with Crippen molar-refractivity contribution in [3.8, 4) is 11.4 Å². The van der Waals surface area contributed by atoms with Gasteiger partial charge in [-0.1, -0.05) is 23.4 Å². The summed E-state index contributed by atoms with van der Waals surface area (Å²) in [7, 11) is 0. The van der Waals surface area contributed by atoms with E-state index in [4.69, 9.17) is 10.5 Å². The molecule has 0 fully saturated rings. The molecule has 7 heteroatoms. The number of carbonyl (C=O) groups is 1. The van der Waals surface area contributed by atoms with E-state index in [0.717, 1.165) is 16.8 Å².